The van der Waals surface area contributed by atoms with E-state index in [0.717, 1.165) is 11.1 Å². The van der Waals surface area contributed by atoms with Crippen molar-refractivity contribution in [1.82, 2.24) is 4.90 Å². The lowest BCUT2D eigenvalue weighted by molar-refractivity contribution is -0.137. The maximum absolute atomic E-state index is 12.4. The molecule has 0 amide bonds. The first-order valence-corrected chi connectivity index (χ1v) is 6.50. The fourth-order valence-electron chi connectivity index (χ4n) is 1.92. The lowest BCUT2D eigenvalue weighted by atomic mass is 9.97. The Labute approximate surface area is 117 Å². The first-order valence-electron chi connectivity index (χ1n) is 6.50. The molecule has 0 N–H and O–H groups in total. The fourth-order valence-corrected chi connectivity index (χ4v) is 1.92. The first kappa shape index (κ1) is 16.7. The van der Waals surface area contributed by atoms with Crippen LogP contribution in [0.5, 0.6) is 0 Å². The van der Waals surface area contributed by atoms with E-state index in [2.05, 4.69) is 0 Å². The van der Waals surface area contributed by atoms with Crippen molar-refractivity contribution in [2.75, 3.05) is 13.6 Å². The average Bonchev–Trinajstić information content (AvgIpc) is 2.36. The molecule has 112 valence electrons. The highest BCUT2D eigenvalue weighted by molar-refractivity contribution is 6.01. The van der Waals surface area contributed by atoms with Gasteiger partial charge in [-0.3, -0.25) is 9.69 Å². The van der Waals surface area contributed by atoms with Crippen LogP contribution in [0.4, 0.5) is 13.2 Å². The maximum Gasteiger partial charge on any atom is 0.390 e. The third kappa shape index (κ3) is 4.63. The molecule has 1 atom stereocenters. The average molecular weight is 287 g/mol. The summed E-state index contributed by atoms with van der Waals surface area (Å²) >= 11 is 0. The van der Waals surface area contributed by atoms with E-state index < -0.39 is 18.6 Å². The van der Waals surface area contributed by atoms with Gasteiger partial charge >= 0.3 is 6.18 Å². The molecule has 0 aliphatic heterocycles. The quantitative estimate of drug-likeness (QED) is 0.769. The molecule has 1 rings (SSSR count). The first-order chi connectivity index (χ1) is 9.11. The van der Waals surface area contributed by atoms with Gasteiger partial charge in [0.25, 0.3) is 0 Å². The number of halogens is 3. The highest BCUT2D eigenvalue weighted by atomic mass is 19.4. The summed E-state index contributed by atoms with van der Waals surface area (Å²) in [6, 6.07) is 4.97. The van der Waals surface area contributed by atoms with E-state index in [4.69, 9.17) is 0 Å². The third-order valence-corrected chi connectivity index (χ3v) is 3.45. The highest BCUT2D eigenvalue weighted by Gasteiger charge is 2.29. The standard InChI is InChI=1S/C15H20F3NO/c1-10-5-6-11(2)13(9-10)14(20)12(3)19(4)8-7-15(16,17)18/h5-6,9,12H,7-8H2,1-4H3. The van der Waals surface area contributed by atoms with Gasteiger partial charge in [-0.25, -0.2) is 0 Å². The van der Waals surface area contributed by atoms with Crippen LogP contribution in [0.2, 0.25) is 0 Å². The topological polar surface area (TPSA) is 20.3 Å². The number of nitrogens with zero attached hydrogens (tertiary/aromatic N) is 1. The van der Waals surface area contributed by atoms with Crippen LogP contribution in [0.1, 0.15) is 34.8 Å². The zero-order valence-electron chi connectivity index (χ0n) is 12.2. The van der Waals surface area contributed by atoms with Crippen molar-refractivity contribution in [3.8, 4) is 0 Å². The number of carbonyl (C=O) groups is 1. The second-order valence-corrected chi connectivity index (χ2v) is 5.20. The molecule has 0 bridgehead atoms. The van der Waals surface area contributed by atoms with Crippen LogP contribution in [0, 0.1) is 13.8 Å². The van der Waals surface area contributed by atoms with Crippen molar-refractivity contribution in [2.24, 2.45) is 0 Å². The molecule has 1 aromatic rings. The smallest absolute Gasteiger partial charge is 0.296 e. The number of alkyl halides is 3. The second-order valence-electron chi connectivity index (χ2n) is 5.20. The third-order valence-electron chi connectivity index (χ3n) is 3.45. The minimum absolute atomic E-state index is 0.143. The Morgan fingerprint density at radius 1 is 1.30 bits per heavy atom. The van der Waals surface area contributed by atoms with Crippen LogP contribution in [-0.4, -0.2) is 36.5 Å². The molecule has 0 heterocycles. The molecule has 1 aromatic carbocycles. The van der Waals surface area contributed by atoms with E-state index in [1.165, 1.54) is 4.90 Å². The van der Waals surface area contributed by atoms with E-state index in [1.54, 1.807) is 20.0 Å². The van der Waals surface area contributed by atoms with Crippen LogP contribution >= 0.6 is 0 Å². The molecule has 20 heavy (non-hydrogen) atoms. The van der Waals surface area contributed by atoms with Gasteiger partial charge in [-0.15, -0.1) is 0 Å². The Morgan fingerprint density at radius 3 is 2.45 bits per heavy atom. The molecule has 5 heteroatoms. The van der Waals surface area contributed by atoms with Gasteiger partial charge in [0.15, 0.2) is 5.78 Å². The van der Waals surface area contributed by atoms with E-state index >= 15 is 0 Å². The number of benzene rings is 1. The Bertz CT molecular complexity index is 482. The molecule has 0 fully saturated rings. The number of carbonyl (C=O) groups excluding carboxylic acids is 1. The Kier molecular flexibility index (Phi) is 5.34. The van der Waals surface area contributed by atoms with Crippen LogP contribution in [-0.2, 0) is 0 Å². The molecular formula is C15H20F3NO. The van der Waals surface area contributed by atoms with Gasteiger partial charge in [0.05, 0.1) is 12.5 Å². The molecule has 0 aliphatic rings. The number of rotatable bonds is 5. The van der Waals surface area contributed by atoms with E-state index in [1.807, 2.05) is 26.0 Å². The minimum Gasteiger partial charge on any atom is -0.296 e. The summed E-state index contributed by atoms with van der Waals surface area (Å²) in [5.41, 5.74) is 2.39. The maximum atomic E-state index is 12.4. The van der Waals surface area contributed by atoms with Crippen LogP contribution < -0.4 is 0 Å². The minimum atomic E-state index is -4.20. The lowest BCUT2D eigenvalue weighted by Gasteiger charge is -2.24. The van der Waals surface area contributed by atoms with Crippen LogP contribution in [0.25, 0.3) is 0 Å². The Hall–Kier alpha value is -1.36. The molecule has 0 spiro atoms. The Morgan fingerprint density at radius 2 is 1.90 bits per heavy atom. The summed E-state index contributed by atoms with van der Waals surface area (Å²) in [5, 5.41) is 0. The number of Topliss-reactive ketones (excluding diaryl/α,β-unsaturated/α-hetero) is 1. The summed E-state index contributed by atoms with van der Waals surface area (Å²) in [5.74, 6) is -0.143. The number of hydrogen-bond donors (Lipinski definition) is 0. The van der Waals surface area contributed by atoms with E-state index in [-0.39, 0.29) is 12.3 Å². The fraction of sp³-hybridized carbons (Fsp3) is 0.533. The molecule has 0 radical (unpaired) electrons. The molecular weight excluding hydrogens is 267 g/mol. The zero-order chi connectivity index (χ0) is 15.5. The Balaban J connectivity index is 2.78. The van der Waals surface area contributed by atoms with Crippen LogP contribution in [0.15, 0.2) is 18.2 Å². The summed E-state index contributed by atoms with van der Waals surface area (Å²) in [7, 11) is 1.54. The van der Waals surface area contributed by atoms with Crippen molar-refractivity contribution in [3.63, 3.8) is 0 Å². The van der Waals surface area contributed by atoms with Crippen molar-refractivity contribution < 1.29 is 18.0 Å². The molecule has 0 saturated carbocycles. The zero-order valence-corrected chi connectivity index (χ0v) is 12.2. The summed E-state index contributed by atoms with van der Waals surface area (Å²) in [6.07, 6.45) is -5.11. The van der Waals surface area contributed by atoms with Crippen LogP contribution in [0.3, 0.4) is 0 Å². The van der Waals surface area contributed by atoms with Gasteiger partial charge in [0.2, 0.25) is 0 Å². The van der Waals surface area contributed by atoms with Crippen molar-refractivity contribution in [1.29, 1.82) is 0 Å². The monoisotopic (exact) mass is 287 g/mol. The molecule has 0 saturated heterocycles. The van der Waals surface area contributed by atoms with Gasteiger partial charge in [-0.2, -0.15) is 13.2 Å². The number of aryl methyl sites for hydroxylation is 2. The molecule has 2 nitrogen and oxygen atoms in total. The summed E-state index contributed by atoms with van der Waals surface area (Å²) < 4.78 is 36.6. The molecule has 1 unspecified atom stereocenters. The number of hydrogen-bond acceptors (Lipinski definition) is 2. The number of likely N-dealkylation sites (N-methyl/N-ethyl adjacent to an activating group) is 1. The van der Waals surface area contributed by atoms with Gasteiger partial charge in [-0.05, 0) is 39.4 Å². The SMILES string of the molecule is Cc1ccc(C)c(C(=O)C(C)N(C)CCC(F)(F)F)c1. The second kappa shape index (κ2) is 6.39. The molecule has 0 aliphatic carbocycles. The van der Waals surface area contributed by atoms with Gasteiger partial charge in [0, 0.05) is 12.1 Å². The predicted octanol–water partition coefficient (Wildman–Crippen LogP) is 3.76. The van der Waals surface area contributed by atoms with Crippen molar-refractivity contribution >= 4 is 5.78 Å². The summed E-state index contributed by atoms with van der Waals surface area (Å²) in [6.45, 7) is 5.17. The van der Waals surface area contributed by atoms with Crippen molar-refractivity contribution in [3.05, 3.63) is 34.9 Å². The van der Waals surface area contributed by atoms with E-state index in [9.17, 15) is 18.0 Å². The highest BCUT2D eigenvalue weighted by Crippen LogP contribution is 2.21. The van der Waals surface area contributed by atoms with Crippen molar-refractivity contribution in [2.45, 2.75) is 39.4 Å². The summed E-state index contributed by atoms with van der Waals surface area (Å²) in [4.78, 5) is 13.8. The predicted molar refractivity (Wildman–Crippen MR) is 73.0 cm³/mol. The van der Waals surface area contributed by atoms with E-state index in [0.29, 0.717) is 5.56 Å². The normalized spacial score (nSPS) is 13.6. The largest absolute Gasteiger partial charge is 0.390 e. The van der Waals surface area contributed by atoms with Gasteiger partial charge in [-0.1, -0.05) is 17.7 Å². The molecule has 0 aromatic heterocycles. The number of ketones is 1. The van der Waals surface area contributed by atoms with Gasteiger partial charge in [0.1, 0.15) is 0 Å². The lowest BCUT2D eigenvalue weighted by Crippen LogP contribution is -2.38. The van der Waals surface area contributed by atoms with Gasteiger partial charge < -0.3 is 0 Å².